The second-order valence-electron chi connectivity index (χ2n) is 8.64. The van der Waals surface area contributed by atoms with Crippen molar-refractivity contribution in [3.05, 3.63) is 88.7 Å². The molecule has 1 saturated heterocycles. The first-order valence-electron chi connectivity index (χ1n) is 11.9. The Morgan fingerprint density at radius 2 is 1.62 bits per heavy atom. The maximum Gasteiger partial charge on any atom is 0.322 e. The van der Waals surface area contributed by atoms with Crippen LogP contribution in [0.4, 0.5) is 16.2 Å². The second-order valence-corrected chi connectivity index (χ2v) is 9.45. The molecule has 1 fully saturated rings. The van der Waals surface area contributed by atoms with Gasteiger partial charge in [0.2, 0.25) is 0 Å². The number of halogens is 2. The van der Waals surface area contributed by atoms with Crippen LogP contribution < -0.4 is 15.0 Å². The van der Waals surface area contributed by atoms with Crippen molar-refractivity contribution < 1.29 is 9.53 Å². The molecule has 0 spiro atoms. The quantitative estimate of drug-likeness (QED) is 0.344. The van der Waals surface area contributed by atoms with Crippen molar-refractivity contribution in [3.63, 3.8) is 0 Å². The number of urea groups is 1. The molecule has 3 aromatic carbocycles. The lowest BCUT2D eigenvalue weighted by molar-refractivity contribution is 0.208. The summed E-state index contributed by atoms with van der Waals surface area (Å²) >= 11 is 12.4. The smallest absolute Gasteiger partial charge is 0.322 e. The summed E-state index contributed by atoms with van der Waals surface area (Å²) in [5, 5.41) is 8.08. The monoisotopic (exact) mass is 536 g/mol. The molecule has 8 nitrogen and oxygen atoms in total. The van der Waals surface area contributed by atoms with Gasteiger partial charge in [0.25, 0.3) is 0 Å². The van der Waals surface area contributed by atoms with E-state index in [1.54, 1.807) is 36.5 Å². The van der Waals surface area contributed by atoms with E-state index in [9.17, 15) is 4.79 Å². The molecule has 0 atom stereocenters. The highest BCUT2D eigenvalue weighted by Gasteiger charge is 2.22. The number of ether oxygens (including phenoxy) is 1. The van der Waals surface area contributed by atoms with E-state index >= 15 is 0 Å². The number of amides is 2. The van der Waals surface area contributed by atoms with Gasteiger partial charge in [-0.1, -0.05) is 41.4 Å². The average Bonchev–Trinajstić information content (AvgIpc) is 3.39. The van der Waals surface area contributed by atoms with Gasteiger partial charge in [-0.3, -0.25) is 0 Å². The Morgan fingerprint density at radius 3 is 2.27 bits per heavy atom. The summed E-state index contributed by atoms with van der Waals surface area (Å²) in [7, 11) is 1.66. The Morgan fingerprint density at radius 1 is 0.946 bits per heavy atom. The number of methoxy groups -OCH3 is 1. The van der Waals surface area contributed by atoms with Crippen molar-refractivity contribution in [3.8, 4) is 17.1 Å². The number of hydrogen-bond acceptors (Lipinski definition) is 5. The standard InChI is InChI=1S/C27H26Cl2N6O2/c1-37-22-11-5-19(6-12-22)17-35-26(30-18-31-35)20-7-9-21(10-8-20)33-13-15-34(16-14-33)27(36)32-25-23(28)3-2-4-24(25)29/h2-12,18H,13-17H2,1H3,(H,32,36). The van der Waals surface area contributed by atoms with Crippen molar-refractivity contribution in [2.75, 3.05) is 43.5 Å². The number of benzene rings is 3. The van der Waals surface area contributed by atoms with Crippen molar-refractivity contribution >= 4 is 40.6 Å². The van der Waals surface area contributed by atoms with Crippen LogP contribution in [0.1, 0.15) is 5.56 Å². The van der Waals surface area contributed by atoms with Gasteiger partial charge >= 0.3 is 6.03 Å². The summed E-state index contributed by atoms with van der Waals surface area (Å²) in [4.78, 5) is 21.3. The first-order valence-corrected chi connectivity index (χ1v) is 12.6. The first-order chi connectivity index (χ1) is 18.0. The molecule has 1 aliphatic heterocycles. The predicted octanol–water partition coefficient (Wildman–Crippen LogP) is 5.66. The minimum Gasteiger partial charge on any atom is -0.497 e. The maximum absolute atomic E-state index is 12.7. The minimum absolute atomic E-state index is 0.207. The van der Waals surface area contributed by atoms with E-state index in [4.69, 9.17) is 27.9 Å². The number of nitrogens with zero attached hydrogens (tertiary/aromatic N) is 5. The van der Waals surface area contributed by atoms with E-state index in [1.807, 2.05) is 28.9 Å². The molecule has 5 rings (SSSR count). The van der Waals surface area contributed by atoms with Gasteiger partial charge < -0.3 is 19.9 Å². The number of carbonyl (C=O) groups excluding carboxylic acids is 1. The molecular formula is C27H26Cl2N6O2. The fourth-order valence-corrected chi connectivity index (χ4v) is 4.79. The van der Waals surface area contributed by atoms with Gasteiger partial charge in [-0.15, -0.1) is 0 Å². The number of nitrogens with one attached hydrogen (secondary N) is 1. The van der Waals surface area contributed by atoms with E-state index in [0.717, 1.165) is 41.5 Å². The summed E-state index contributed by atoms with van der Waals surface area (Å²) in [6.07, 6.45) is 1.58. The van der Waals surface area contributed by atoms with Crippen molar-refractivity contribution in [1.29, 1.82) is 0 Å². The molecule has 1 aromatic heterocycles. The number of aromatic nitrogens is 3. The van der Waals surface area contributed by atoms with Gasteiger partial charge in [-0.25, -0.2) is 14.5 Å². The molecule has 2 amide bonds. The zero-order chi connectivity index (χ0) is 25.8. The third-order valence-electron chi connectivity index (χ3n) is 6.36. The van der Waals surface area contributed by atoms with Gasteiger partial charge in [0, 0.05) is 37.4 Å². The molecule has 2 heterocycles. The van der Waals surface area contributed by atoms with Gasteiger partial charge in [-0.2, -0.15) is 5.10 Å². The fraction of sp³-hybridized carbons (Fsp3) is 0.222. The number of piperazine rings is 1. The van der Waals surface area contributed by atoms with Crippen LogP contribution in [0.2, 0.25) is 10.0 Å². The zero-order valence-electron chi connectivity index (χ0n) is 20.3. The summed E-state index contributed by atoms with van der Waals surface area (Å²) < 4.78 is 7.13. The summed E-state index contributed by atoms with van der Waals surface area (Å²) in [5.74, 6) is 1.63. The maximum atomic E-state index is 12.7. The molecule has 1 aliphatic rings. The molecule has 0 aliphatic carbocycles. The lowest BCUT2D eigenvalue weighted by Crippen LogP contribution is -2.50. The SMILES string of the molecule is COc1ccc(Cn2ncnc2-c2ccc(N3CCN(C(=O)Nc4c(Cl)cccc4Cl)CC3)cc2)cc1. The highest BCUT2D eigenvalue weighted by molar-refractivity contribution is 6.39. The third-order valence-corrected chi connectivity index (χ3v) is 6.99. The number of para-hydroxylation sites is 1. The van der Waals surface area contributed by atoms with Gasteiger partial charge in [-0.05, 0) is 54.1 Å². The molecule has 0 bridgehead atoms. The Hall–Kier alpha value is -3.75. The van der Waals surface area contributed by atoms with Crippen LogP contribution in [0, 0.1) is 0 Å². The molecule has 10 heteroatoms. The lowest BCUT2D eigenvalue weighted by atomic mass is 10.1. The lowest BCUT2D eigenvalue weighted by Gasteiger charge is -2.36. The van der Waals surface area contributed by atoms with Gasteiger partial charge in [0.15, 0.2) is 5.82 Å². The van der Waals surface area contributed by atoms with Crippen LogP contribution in [0.5, 0.6) is 5.75 Å². The fourth-order valence-electron chi connectivity index (χ4n) is 4.30. The number of hydrogen-bond donors (Lipinski definition) is 1. The van der Waals surface area contributed by atoms with Crippen LogP contribution in [-0.2, 0) is 6.54 Å². The molecule has 0 saturated carbocycles. The first kappa shape index (κ1) is 24.9. The van der Waals surface area contributed by atoms with Crippen molar-refractivity contribution in [1.82, 2.24) is 19.7 Å². The average molecular weight is 537 g/mol. The van der Waals surface area contributed by atoms with E-state index in [1.165, 1.54) is 0 Å². The Kier molecular flexibility index (Phi) is 7.48. The Bertz CT molecular complexity index is 1350. The number of rotatable bonds is 6. The normalized spacial score (nSPS) is 13.5. The van der Waals surface area contributed by atoms with Crippen LogP contribution in [-0.4, -0.2) is 59.0 Å². The molecule has 1 N–H and O–H groups in total. The van der Waals surface area contributed by atoms with Crippen LogP contribution in [0.3, 0.4) is 0 Å². The predicted molar refractivity (Wildman–Crippen MR) is 147 cm³/mol. The molecule has 0 radical (unpaired) electrons. The highest BCUT2D eigenvalue weighted by atomic mass is 35.5. The molecule has 0 unspecified atom stereocenters. The van der Waals surface area contributed by atoms with Gasteiger partial charge in [0.05, 0.1) is 29.4 Å². The summed E-state index contributed by atoms with van der Waals surface area (Å²) in [5.41, 5.74) is 3.64. The topological polar surface area (TPSA) is 75.5 Å². The van der Waals surface area contributed by atoms with E-state index in [0.29, 0.717) is 35.4 Å². The number of anilines is 2. The summed E-state index contributed by atoms with van der Waals surface area (Å²) in [6.45, 7) is 3.23. The molecular weight excluding hydrogens is 511 g/mol. The van der Waals surface area contributed by atoms with E-state index < -0.39 is 0 Å². The molecule has 4 aromatic rings. The van der Waals surface area contributed by atoms with Crippen molar-refractivity contribution in [2.45, 2.75) is 6.54 Å². The van der Waals surface area contributed by atoms with Gasteiger partial charge in [0.1, 0.15) is 12.1 Å². The Balaban J connectivity index is 1.20. The second kappa shape index (κ2) is 11.1. The summed E-state index contributed by atoms with van der Waals surface area (Å²) in [6, 6.07) is 21.2. The Labute approximate surface area is 225 Å². The van der Waals surface area contributed by atoms with E-state index in [-0.39, 0.29) is 6.03 Å². The van der Waals surface area contributed by atoms with Crippen LogP contribution in [0.25, 0.3) is 11.4 Å². The molecule has 190 valence electrons. The largest absolute Gasteiger partial charge is 0.497 e. The number of carbonyl (C=O) groups is 1. The minimum atomic E-state index is -0.207. The zero-order valence-corrected chi connectivity index (χ0v) is 21.8. The van der Waals surface area contributed by atoms with Crippen LogP contribution in [0.15, 0.2) is 73.1 Å². The highest BCUT2D eigenvalue weighted by Crippen LogP contribution is 2.30. The van der Waals surface area contributed by atoms with Crippen molar-refractivity contribution in [2.24, 2.45) is 0 Å². The van der Waals surface area contributed by atoms with E-state index in [2.05, 4.69) is 44.6 Å². The third kappa shape index (κ3) is 5.65. The van der Waals surface area contributed by atoms with Crippen LogP contribution >= 0.6 is 23.2 Å². The molecule has 37 heavy (non-hydrogen) atoms.